The highest BCUT2D eigenvalue weighted by Gasteiger charge is 2.21. The van der Waals surface area contributed by atoms with Gasteiger partial charge in [0.15, 0.2) is 0 Å². The highest BCUT2D eigenvalue weighted by Crippen LogP contribution is 2.28. The second-order valence-corrected chi connectivity index (χ2v) is 9.41. The minimum absolute atomic E-state index is 0.197. The molecule has 0 unspecified atom stereocenters. The zero-order chi connectivity index (χ0) is 21.0. The lowest BCUT2D eigenvalue weighted by Gasteiger charge is -2.17. The quantitative estimate of drug-likeness (QED) is 0.521. The van der Waals surface area contributed by atoms with Crippen molar-refractivity contribution in [2.75, 3.05) is 20.7 Å². The topological polar surface area (TPSA) is 75.3 Å². The molecule has 6 nitrogen and oxygen atoms in total. The van der Waals surface area contributed by atoms with Gasteiger partial charge in [-0.05, 0) is 65.2 Å². The van der Waals surface area contributed by atoms with Crippen molar-refractivity contribution in [2.45, 2.75) is 17.7 Å². The van der Waals surface area contributed by atoms with Gasteiger partial charge in [-0.2, -0.15) is 5.10 Å². The molecule has 3 aromatic rings. The van der Waals surface area contributed by atoms with E-state index >= 15 is 0 Å². The molecule has 0 aliphatic heterocycles. The molecule has 0 aliphatic carbocycles. The van der Waals surface area contributed by atoms with E-state index in [2.05, 4.69) is 26.1 Å². The van der Waals surface area contributed by atoms with Crippen LogP contribution >= 0.6 is 15.9 Å². The average molecular weight is 482 g/mol. The minimum Gasteiger partial charge on any atom is -0.496 e. The monoisotopic (exact) mass is 481 g/mol. The largest absolute Gasteiger partial charge is 0.496 e. The molecule has 1 heterocycles. The number of benzene rings is 2. The Kier molecular flexibility index (Phi) is 6.71. The number of hydrogen-bond donors (Lipinski definition) is 1. The van der Waals surface area contributed by atoms with E-state index in [0.717, 1.165) is 5.69 Å². The van der Waals surface area contributed by atoms with Crippen LogP contribution in [0, 0.1) is 5.82 Å². The van der Waals surface area contributed by atoms with E-state index in [0.29, 0.717) is 40.9 Å². The molecule has 1 aromatic heterocycles. The SMILES string of the molecule is COc1ccc(S(=O)(=O)N(C)CCCc2cc(-c3cccc(F)c3)n[nH]2)cc1Br. The lowest BCUT2D eigenvalue weighted by molar-refractivity contribution is 0.411. The van der Waals surface area contributed by atoms with E-state index in [1.165, 1.54) is 35.7 Å². The Morgan fingerprint density at radius 2 is 2.00 bits per heavy atom. The fourth-order valence-electron chi connectivity index (χ4n) is 2.89. The van der Waals surface area contributed by atoms with Crippen LogP contribution in [0.1, 0.15) is 12.1 Å². The van der Waals surface area contributed by atoms with Gasteiger partial charge < -0.3 is 4.74 Å². The first kappa shape index (κ1) is 21.5. The minimum atomic E-state index is -3.60. The van der Waals surface area contributed by atoms with Crippen molar-refractivity contribution in [3.05, 3.63) is 64.5 Å². The summed E-state index contributed by atoms with van der Waals surface area (Å²) in [6.45, 7) is 0.348. The van der Waals surface area contributed by atoms with E-state index in [9.17, 15) is 12.8 Å². The Labute approximate surface area is 177 Å². The van der Waals surface area contributed by atoms with Crippen molar-refractivity contribution < 1.29 is 17.5 Å². The summed E-state index contributed by atoms with van der Waals surface area (Å²) in [5.41, 5.74) is 2.21. The second kappa shape index (κ2) is 9.06. The summed E-state index contributed by atoms with van der Waals surface area (Å²) < 4.78 is 45.9. The van der Waals surface area contributed by atoms with Crippen LogP contribution in [0.25, 0.3) is 11.3 Å². The van der Waals surface area contributed by atoms with Crippen LogP contribution in [0.3, 0.4) is 0 Å². The van der Waals surface area contributed by atoms with Crippen molar-refractivity contribution in [3.63, 3.8) is 0 Å². The number of aryl methyl sites for hydroxylation is 1. The van der Waals surface area contributed by atoms with Crippen LogP contribution < -0.4 is 4.74 Å². The van der Waals surface area contributed by atoms with Gasteiger partial charge in [-0.25, -0.2) is 17.1 Å². The molecule has 2 aromatic carbocycles. The number of aromatic amines is 1. The number of H-pyrrole nitrogens is 1. The van der Waals surface area contributed by atoms with Crippen LogP contribution in [0.4, 0.5) is 4.39 Å². The van der Waals surface area contributed by atoms with Gasteiger partial charge in [0.2, 0.25) is 10.0 Å². The lowest BCUT2D eigenvalue weighted by Crippen LogP contribution is -2.28. The summed E-state index contributed by atoms with van der Waals surface area (Å²) in [6, 6.07) is 12.8. The molecular weight excluding hydrogens is 461 g/mol. The lowest BCUT2D eigenvalue weighted by atomic mass is 10.1. The molecule has 0 bridgehead atoms. The molecule has 29 heavy (non-hydrogen) atoms. The van der Waals surface area contributed by atoms with Crippen molar-refractivity contribution in [3.8, 4) is 17.0 Å². The fourth-order valence-corrected chi connectivity index (χ4v) is 4.81. The molecule has 9 heteroatoms. The number of aromatic nitrogens is 2. The first-order chi connectivity index (χ1) is 13.8. The molecule has 0 amide bonds. The molecule has 0 aliphatic rings. The van der Waals surface area contributed by atoms with Gasteiger partial charge in [-0.15, -0.1) is 0 Å². The normalized spacial score (nSPS) is 11.8. The summed E-state index contributed by atoms with van der Waals surface area (Å²) in [4.78, 5) is 0.197. The average Bonchev–Trinajstić information content (AvgIpc) is 3.16. The Hall–Kier alpha value is -2.23. The molecule has 0 saturated carbocycles. The van der Waals surface area contributed by atoms with E-state index in [1.807, 2.05) is 6.07 Å². The first-order valence-electron chi connectivity index (χ1n) is 8.91. The van der Waals surface area contributed by atoms with Crippen molar-refractivity contribution in [1.82, 2.24) is 14.5 Å². The Morgan fingerprint density at radius 3 is 2.69 bits per heavy atom. The molecule has 0 spiro atoms. The number of nitrogens with zero attached hydrogens (tertiary/aromatic N) is 2. The Morgan fingerprint density at radius 1 is 1.21 bits per heavy atom. The highest BCUT2D eigenvalue weighted by atomic mass is 79.9. The van der Waals surface area contributed by atoms with Gasteiger partial charge >= 0.3 is 0 Å². The number of ether oxygens (including phenoxy) is 1. The number of nitrogens with one attached hydrogen (secondary N) is 1. The Bertz CT molecular complexity index is 1100. The van der Waals surface area contributed by atoms with Crippen LogP contribution in [-0.4, -0.2) is 43.6 Å². The molecule has 0 saturated heterocycles. The van der Waals surface area contributed by atoms with Crippen LogP contribution in [0.5, 0.6) is 5.75 Å². The smallest absolute Gasteiger partial charge is 0.242 e. The van der Waals surface area contributed by atoms with Crippen molar-refractivity contribution in [2.24, 2.45) is 0 Å². The van der Waals surface area contributed by atoms with Crippen LogP contribution in [0.15, 0.2) is 57.9 Å². The van der Waals surface area contributed by atoms with Gasteiger partial charge in [-0.3, -0.25) is 5.10 Å². The highest BCUT2D eigenvalue weighted by molar-refractivity contribution is 9.10. The molecule has 154 valence electrons. The van der Waals surface area contributed by atoms with Gasteiger partial charge in [0.05, 0.1) is 22.2 Å². The molecule has 0 fully saturated rings. The molecule has 1 N–H and O–H groups in total. The summed E-state index contributed by atoms with van der Waals surface area (Å²) in [5, 5.41) is 7.13. The third-order valence-corrected chi connectivity index (χ3v) is 6.97. The van der Waals surface area contributed by atoms with E-state index in [4.69, 9.17) is 4.74 Å². The maximum Gasteiger partial charge on any atom is 0.242 e. The summed E-state index contributed by atoms with van der Waals surface area (Å²) in [5.74, 6) is 0.254. The first-order valence-corrected chi connectivity index (χ1v) is 11.1. The third kappa shape index (κ3) is 5.04. The zero-order valence-corrected chi connectivity index (χ0v) is 18.4. The fraction of sp³-hybridized carbons (Fsp3) is 0.250. The number of hydrogen-bond acceptors (Lipinski definition) is 4. The van der Waals surface area contributed by atoms with Crippen molar-refractivity contribution in [1.29, 1.82) is 0 Å². The molecule has 0 radical (unpaired) electrons. The summed E-state index contributed by atoms with van der Waals surface area (Å²) in [7, 11) is -0.526. The number of sulfonamides is 1. The Balaban J connectivity index is 1.61. The van der Waals surface area contributed by atoms with Gasteiger partial charge in [0.1, 0.15) is 11.6 Å². The number of halogens is 2. The third-order valence-electron chi connectivity index (χ3n) is 4.50. The predicted molar refractivity (Wildman–Crippen MR) is 113 cm³/mol. The molecule has 3 rings (SSSR count). The standard InChI is InChI=1S/C20H21BrFN3O3S/c1-25(29(26,27)17-8-9-20(28-2)18(21)13-17)10-4-7-16-12-19(24-23-16)14-5-3-6-15(22)11-14/h3,5-6,8-9,11-13H,4,7,10H2,1-2H3,(H,23,24). The van der Waals surface area contributed by atoms with Crippen LogP contribution in [-0.2, 0) is 16.4 Å². The van der Waals surface area contributed by atoms with E-state index in [1.54, 1.807) is 25.2 Å². The van der Waals surface area contributed by atoms with Crippen LogP contribution in [0.2, 0.25) is 0 Å². The van der Waals surface area contributed by atoms with Crippen molar-refractivity contribution >= 4 is 26.0 Å². The summed E-state index contributed by atoms with van der Waals surface area (Å²) >= 11 is 3.32. The maximum absolute atomic E-state index is 13.4. The molecular formula is C20H21BrFN3O3S. The van der Waals surface area contributed by atoms with Gasteiger partial charge in [0.25, 0.3) is 0 Å². The van der Waals surface area contributed by atoms with Gasteiger partial charge in [0, 0.05) is 24.8 Å². The maximum atomic E-state index is 13.4. The zero-order valence-electron chi connectivity index (χ0n) is 16.0. The van der Waals surface area contributed by atoms with E-state index < -0.39 is 10.0 Å². The molecule has 0 atom stereocenters. The number of methoxy groups -OCH3 is 1. The van der Waals surface area contributed by atoms with E-state index in [-0.39, 0.29) is 10.7 Å². The predicted octanol–water partition coefficient (Wildman–Crippen LogP) is 4.24. The van der Waals surface area contributed by atoms with Gasteiger partial charge in [-0.1, -0.05) is 12.1 Å². The summed E-state index contributed by atoms with van der Waals surface area (Å²) in [6.07, 6.45) is 1.23. The number of rotatable bonds is 8. The second-order valence-electron chi connectivity index (χ2n) is 6.52.